The first kappa shape index (κ1) is 23.9. The number of nitrogens with zero attached hydrogens (tertiary/aromatic N) is 4. The van der Waals surface area contributed by atoms with Gasteiger partial charge in [0, 0.05) is 18.4 Å². The lowest BCUT2D eigenvalue weighted by atomic mass is 9.88. The molecule has 5 nitrogen and oxygen atoms in total. The predicted molar refractivity (Wildman–Crippen MR) is 135 cm³/mol. The minimum absolute atomic E-state index is 0.373. The highest BCUT2D eigenvalue weighted by molar-refractivity contribution is 5.39. The first-order chi connectivity index (χ1) is 18.1. The molecular formula is C30H22F2N4O. The summed E-state index contributed by atoms with van der Waals surface area (Å²) in [7, 11) is 0. The predicted octanol–water partition coefficient (Wildman–Crippen LogP) is 6.64. The van der Waals surface area contributed by atoms with Crippen LogP contribution in [0.15, 0.2) is 103 Å². The van der Waals surface area contributed by atoms with E-state index in [0.29, 0.717) is 35.7 Å². The van der Waals surface area contributed by atoms with Crippen LogP contribution in [-0.4, -0.2) is 14.8 Å². The van der Waals surface area contributed by atoms with Crippen molar-refractivity contribution in [2.75, 3.05) is 0 Å². The number of benzene rings is 4. The van der Waals surface area contributed by atoms with Gasteiger partial charge in [-0.2, -0.15) is 5.26 Å². The summed E-state index contributed by atoms with van der Waals surface area (Å²) in [5.74, 6) is 0.396. The average molecular weight is 493 g/mol. The van der Waals surface area contributed by atoms with E-state index in [1.165, 1.54) is 12.1 Å². The molecule has 5 rings (SSSR count). The standard InChI is InChI=1S/C30H22F2N4O/c31-25-14-24(15-26(32)16-25)29(23-10-12-28(13-11-23)37-27-4-2-1-3-5-27)17-30-35-34-20-36(30)19-22-8-6-21(18-33)7-9-22/h1-16,20,29H,17,19H2. The lowest BCUT2D eigenvalue weighted by molar-refractivity contribution is 0.482. The van der Waals surface area contributed by atoms with E-state index in [4.69, 9.17) is 10.00 Å². The lowest BCUT2D eigenvalue weighted by Crippen LogP contribution is -2.12. The first-order valence-corrected chi connectivity index (χ1v) is 11.7. The van der Waals surface area contributed by atoms with Crippen LogP contribution in [0.5, 0.6) is 11.5 Å². The number of hydrogen-bond donors (Lipinski definition) is 0. The van der Waals surface area contributed by atoms with Gasteiger partial charge in [-0.1, -0.05) is 42.5 Å². The molecule has 0 aliphatic rings. The number of para-hydroxylation sites is 1. The van der Waals surface area contributed by atoms with Crippen molar-refractivity contribution in [3.8, 4) is 17.6 Å². The number of ether oxygens (including phenoxy) is 1. The topological polar surface area (TPSA) is 63.7 Å². The van der Waals surface area contributed by atoms with Crippen molar-refractivity contribution in [2.24, 2.45) is 0 Å². The zero-order chi connectivity index (χ0) is 25.6. The molecule has 37 heavy (non-hydrogen) atoms. The fourth-order valence-corrected chi connectivity index (χ4v) is 4.23. The van der Waals surface area contributed by atoms with Crippen LogP contribution in [-0.2, 0) is 13.0 Å². The smallest absolute Gasteiger partial charge is 0.134 e. The van der Waals surface area contributed by atoms with Gasteiger partial charge in [-0.3, -0.25) is 0 Å². The Bertz CT molecular complexity index is 1500. The van der Waals surface area contributed by atoms with Gasteiger partial charge in [-0.25, -0.2) is 8.78 Å². The maximum absolute atomic E-state index is 14.2. The molecule has 0 radical (unpaired) electrons. The highest BCUT2D eigenvalue weighted by Crippen LogP contribution is 2.31. The fourth-order valence-electron chi connectivity index (χ4n) is 4.23. The third kappa shape index (κ3) is 5.88. The van der Waals surface area contributed by atoms with Gasteiger partial charge in [0.1, 0.15) is 35.3 Å². The summed E-state index contributed by atoms with van der Waals surface area (Å²) in [5.41, 5.74) is 2.93. The monoisotopic (exact) mass is 492 g/mol. The quantitative estimate of drug-likeness (QED) is 0.244. The molecule has 0 spiro atoms. The molecule has 0 N–H and O–H groups in total. The summed E-state index contributed by atoms with van der Waals surface area (Å²) in [5, 5.41) is 17.4. The second-order valence-electron chi connectivity index (χ2n) is 8.63. The fraction of sp³-hybridized carbons (Fsp3) is 0.100. The highest BCUT2D eigenvalue weighted by Gasteiger charge is 2.20. The Labute approximate surface area is 213 Å². The maximum Gasteiger partial charge on any atom is 0.134 e. The Hall–Kier alpha value is -4.83. The summed E-state index contributed by atoms with van der Waals surface area (Å²) in [4.78, 5) is 0. The molecule has 0 saturated carbocycles. The SMILES string of the molecule is N#Cc1ccc(Cn2cnnc2CC(c2ccc(Oc3ccccc3)cc2)c2cc(F)cc(F)c2)cc1. The largest absolute Gasteiger partial charge is 0.457 e. The zero-order valence-corrected chi connectivity index (χ0v) is 19.8. The molecule has 5 aromatic rings. The van der Waals surface area contributed by atoms with Crippen LogP contribution in [0.4, 0.5) is 8.78 Å². The minimum Gasteiger partial charge on any atom is -0.457 e. The molecule has 4 aromatic carbocycles. The van der Waals surface area contributed by atoms with E-state index < -0.39 is 11.6 Å². The number of nitriles is 1. The van der Waals surface area contributed by atoms with Gasteiger partial charge in [-0.05, 0) is 65.2 Å². The summed E-state index contributed by atoms with van der Waals surface area (Å²) in [6.45, 7) is 0.502. The summed E-state index contributed by atoms with van der Waals surface area (Å²) >= 11 is 0. The van der Waals surface area contributed by atoms with E-state index >= 15 is 0 Å². The minimum atomic E-state index is -0.636. The third-order valence-corrected chi connectivity index (χ3v) is 6.07. The van der Waals surface area contributed by atoms with E-state index in [0.717, 1.165) is 22.9 Å². The van der Waals surface area contributed by atoms with Crippen molar-refractivity contribution in [2.45, 2.75) is 18.9 Å². The molecule has 1 heterocycles. The van der Waals surface area contributed by atoms with E-state index in [1.54, 1.807) is 18.5 Å². The zero-order valence-electron chi connectivity index (χ0n) is 19.8. The van der Waals surface area contributed by atoms with Gasteiger partial charge in [0.25, 0.3) is 0 Å². The number of rotatable bonds is 8. The van der Waals surface area contributed by atoms with Crippen molar-refractivity contribution < 1.29 is 13.5 Å². The molecule has 182 valence electrons. The lowest BCUT2D eigenvalue weighted by Gasteiger charge is -2.19. The van der Waals surface area contributed by atoms with Gasteiger partial charge >= 0.3 is 0 Å². The van der Waals surface area contributed by atoms with E-state index in [1.807, 2.05) is 71.3 Å². The van der Waals surface area contributed by atoms with Crippen molar-refractivity contribution in [3.63, 3.8) is 0 Å². The van der Waals surface area contributed by atoms with Crippen LogP contribution in [0.25, 0.3) is 0 Å². The second kappa shape index (κ2) is 10.8. The molecule has 0 bridgehead atoms. The van der Waals surface area contributed by atoms with Gasteiger partial charge in [-0.15, -0.1) is 10.2 Å². The van der Waals surface area contributed by atoms with Gasteiger partial charge < -0.3 is 9.30 Å². The van der Waals surface area contributed by atoms with Gasteiger partial charge in [0.05, 0.1) is 18.2 Å². The second-order valence-corrected chi connectivity index (χ2v) is 8.63. The highest BCUT2D eigenvalue weighted by atomic mass is 19.1. The van der Waals surface area contributed by atoms with Crippen molar-refractivity contribution in [3.05, 3.63) is 143 Å². The molecular weight excluding hydrogens is 470 g/mol. The Morgan fingerprint density at radius 3 is 2.16 bits per heavy atom. The Kier molecular flexibility index (Phi) is 7.00. The first-order valence-electron chi connectivity index (χ1n) is 11.7. The van der Waals surface area contributed by atoms with Crippen LogP contribution in [0.2, 0.25) is 0 Å². The summed E-state index contributed by atoms with van der Waals surface area (Å²) < 4.78 is 36.2. The van der Waals surface area contributed by atoms with E-state index in [9.17, 15) is 8.78 Å². The normalized spacial score (nSPS) is 11.6. The average Bonchev–Trinajstić information content (AvgIpc) is 3.35. The molecule has 0 aliphatic heterocycles. The number of hydrogen-bond acceptors (Lipinski definition) is 4. The van der Waals surface area contributed by atoms with E-state index in [2.05, 4.69) is 16.3 Å². The third-order valence-electron chi connectivity index (χ3n) is 6.07. The summed E-state index contributed by atoms with van der Waals surface area (Å²) in [6, 6.07) is 29.9. The molecule has 0 fully saturated rings. The van der Waals surface area contributed by atoms with Crippen LogP contribution in [0.1, 0.15) is 34.0 Å². The van der Waals surface area contributed by atoms with Crippen LogP contribution in [0.3, 0.4) is 0 Å². The molecule has 1 atom stereocenters. The Balaban J connectivity index is 1.44. The van der Waals surface area contributed by atoms with Crippen LogP contribution in [0, 0.1) is 23.0 Å². The maximum atomic E-state index is 14.2. The van der Waals surface area contributed by atoms with Gasteiger partial charge in [0.15, 0.2) is 0 Å². The van der Waals surface area contributed by atoms with Crippen molar-refractivity contribution >= 4 is 0 Å². The Morgan fingerprint density at radius 1 is 0.811 bits per heavy atom. The van der Waals surface area contributed by atoms with Crippen LogP contribution < -0.4 is 4.74 Å². The molecule has 1 unspecified atom stereocenters. The van der Waals surface area contributed by atoms with Gasteiger partial charge in [0.2, 0.25) is 0 Å². The summed E-state index contributed by atoms with van der Waals surface area (Å²) in [6.07, 6.45) is 2.01. The Morgan fingerprint density at radius 2 is 1.49 bits per heavy atom. The molecule has 1 aromatic heterocycles. The van der Waals surface area contributed by atoms with Crippen molar-refractivity contribution in [1.82, 2.24) is 14.8 Å². The molecule has 0 amide bonds. The molecule has 0 saturated heterocycles. The molecule has 0 aliphatic carbocycles. The molecule has 7 heteroatoms. The van der Waals surface area contributed by atoms with Crippen molar-refractivity contribution in [1.29, 1.82) is 5.26 Å². The van der Waals surface area contributed by atoms with E-state index in [-0.39, 0.29) is 5.92 Å². The number of aromatic nitrogens is 3. The van der Waals surface area contributed by atoms with Crippen LogP contribution >= 0.6 is 0 Å². The number of halogens is 2.